The normalized spacial score (nSPS) is 21.3. The van der Waals surface area contributed by atoms with Gasteiger partial charge in [0, 0.05) is 24.7 Å². The quantitative estimate of drug-likeness (QED) is 0.886. The Morgan fingerprint density at radius 3 is 2.78 bits per heavy atom. The van der Waals surface area contributed by atoms with Crippen molar-refractivity contribution in [1.82, 2.24) is 9.97 Å². The van der Waals surface area contributed by atoms with Gasteiger partial charge in [-0.05, 0) is 37.3 Å². The molecule has 5 nitrogen and oxygen atoms in total. The van der Waals surface area contributed by atoms with Gasteiger partial charge in [-0.25, -0.2) is 4.98 Å². The zero-order valence-electron chi connectivity index (χ0n) is 13.4. The minimum absolute atomic E-state index is 0.0952. The summed E-state index contributed by atoms with van der Waals surface area (Å²) in [5, 5.41) is 10.0. The minimum atomic E-state index is -0.0952. The first-order valence-corrected chi connectivity index (χ1v) is 8.19. The lowest BCUT2D eigenvalue weighted by molar-refractivity contribution is 0.0960. The molecule has 23 heavy (non-hydrogen) atoms. The summed E-state index contributed by atoms with van der Waals surface area (Å²) in [7, 11) is 0. The summed E-state index contributed by atoms with van der Waals surface area (Å²) in [5.41, 5.74) is 6.99. The molecule has 2 aromatic rings. The number of rotatable bonds is 5. The van der Waals surface area contributed by atoms with Crippen LogP contribution in [0.15, 0.2) is 42.6 Å². The topological polar surface area (TPSA) is 75.3 Å². The van der Waals surface area contributed by atoms with E-state index in [-0.39, 0.29) is 12.0 Å². The minimum Gasteiger partial charge on any atom is -0.396 e. The second-order valence-corrected chi connectivity index (χ2v) is 6.45. The van der Waals surface area contributed by atoms with Crippen LogP contribution in [-0.2, 0) is 6.42 Å². The van der Waals surface area contributed by atoms with Gasteiger partial charge in [0.2, 0.25) is 5.95 Å². The standard InChI is InChI=1S/C18H24N4O/c19-16-8-11-20-17(21-16)22-12-4-9-18(13-22,14-23)10-7-15-5-2-1-3-6-15/h1-3,5-6,8,11,23H,4,7,9-10,12-14H2,(H2,19,20,21)/t18-/m1/s1. The van der Waals surface area contributed by atoms with Crippen LogP contribution in [0.1, 0.15) is 24.8 Å². The van der Waals surface area contributed by atoms with Gasteiger partial charge >= 0.3 is 0 Å². The van der Waals surface area contributed by atoms with Crippen LogP contribution >= 0.6 is 0 Å². The molecule has 3 rings (SSSR count). The number of hydrogen-bond donors (Lipinski definition) is 2. The Morgan fingerprint density at radius 2 is 2.04 bits per heavy atom. The molecule has 1 fully saturated rings. The summed E-state index contributed by atoms with van der Waals surface area (Å²) in [6.45, 7) is 1.88. The molecule has 3 N–H and O–H groups in total. The summed E-state index contributed by atoms with van der Waals surface area (Å²) in [6.07, 6.45) is 5.71. The molecule has 1 aromatic heterocycles. The number of piperidine rings is 1. The monoisotopic (exact) mass is 312 g/mol. The molecule has 0 amide bonds. The van der Waals surface area contributed by atoms with E-state index in [9.17, 15) is 5.11 Å². The van der Waals surface area contributed by atoms with Crippen molar-refractivity contribution < 1.29 is 5.11 Å². The Labute approximate surface area is 137 Å². The van der Waals surface area contributed by atoms with Gasteiger partial charge in [-0.15, -0.1) is 0 Å². The van der Waals surface area contributed by atoms with Gasteiger partial charge in [0.05, 0.1) is 6.61 Å². The number of hydrogen-bond acceptors (Lipinski definition) is 5. The van der Waals surface area contributed by atoms with Gasteiger partial charge in [0.25, 0.3) is 0 Å². The maximum absolute atomic E-state index is 10.0. The second-order valence-electron chi connectivity index (χ2n) is 6.45. The van der Waals surface area contributed by atoms with Gasteiger partial charge in [0.15, 0.2) is 0 Å². The van der Waals surface area contributed by atoms with Crippen LogP contribution in [0, 0.1) is 5.41 Å². The fourth-order valence-electron chi connectivity index (χ4n) is 3.36. The summed E-state index contributed by atoms with van der Waals surface area (Å²) >= 11 is 0. The highest BCUT2D eigenvalue weighted by molar-refractivity contribution is 5.38. The molecule has 1 atom stereocenters. The van der Waals surface area contributed by atoms with Gasteiger partial charge in [0.1, 0.15) is 5.82 Å². The summed E-state index contributed by atoms with van der Waals surface area (Å²) < 4.78 is 0. The summed E-state index contributed by atoms with van der Waals surface area (Å²) in [5.74, 6) is 1.15. The largest absolute Gasteiger partial charge is 0.396 e. The van der Waals surface area contributed by atoms with Crippen LogP contribution in [0.2, 0.25) is 0 Å². The molecule has 0 aliphatic carbocycles. The van der Waals surface area contributed by atoms with Crippen molar-refractivity contribution in [2.45, 2.75) is 25.7 Å². The third-order valence-electron chi connectivity index (χ3n) is 4.73. The predicted molar refractivity (Wildman–Crippen MR) is 92.2 cm³/mol. The SMILES string of the molecule is Nc1ccnc(N2CCC[C@@](CO)(CCc3ccccc3)C2)n1. The third kappa shape index (κ3) is 3.79. The Balaban J connectivity index is 1.71. The maximum atomic E-state index is 10.0. The van der Waals surface area contributed by atoms with Crippen molar-refractivity contribution in [3.8, 4) is 0 Å². The number of aromatic nitrogens is 2. The fourth-order valence-corrected chi connectivity index (χ4v) is 3.36. The van der Waals surface area contributed by atoms with E-state index in [4.69, 9.17) is 5.73 Å². The number of aliphatic hydroxyl groups excluding tert-OH is 1. The molecule has 0 spiro atoms. The first-order valence-electron chi connectivity index (χ1n) is 8.19. The first-order chi connectivity index (χ1) is 11.2. The molecule has 0 radical (unpaired) electrons. The van der Waals surface area contributed by atoms with E-state index in [1.807, 2.05) is 6.07 Å². The molecule has 0 unspecified atom stereocenters. The number of aliphatic hydroxyl groups is 1. The molecule has 0 bridgehead atoms. The van der Waals surface area contributed by atoms with E-state index in [0.717, 1.165) is 38.8 Å². The zero-order valence-corrected chi connectivity index (χ0v) is 13.4. The van der Waals surface area contributed by atoms with E-state index >= 15 is 0 Å². The number of nitrogen functional groups attached to an aromatic ring is 1. The van der Waals surface area contributed by atoms with Gasteiger partial charge in [-0.2, -0.15) is 4.98 Å². The number of benzene rings is 1. The number of aryl methyl sites for hydroxylation is 1. The van der Waals surface area contributed by atoms with Crippen LogP contribution < -0.4 is 10.6 Å². The summed E-state index contributed by atoms with van der Waals surface area (Å²) in [6, 6.07) is 12.1. The van der Waals surface area contributed by atoms with Crippen molar-refractivity contribution in [3.05, 3.63) is 48.2 Å². The zero-order chi connectivity index (χ0) is 16.1. The molecular formula is C18H24N4O. The van der Waals surface area contributed by atoms with Crippen molar-refractivity contribution >= 4 is 11.8 Å². The third-order valence-corrected chi connectivity index (χ3v) is 4.73. The molecule has 0 saturated carbocycles. The van der Waals surface area contributed by atoms with Crippen LogP contribution in [-0.4, -0.2) is 34.8 Å². The van der Waals surface area contributed by atoms with E-state index in [1.165, 1.54) is 5.56 Å². The lowest BCUT2D eigenvalue weighted by Crippen LogP contribution is -2.46. The molecular weight excluding hydrogens is 288 g/mol. The molecule has 1 aliphatic rings. The van der Waals surface area contributed by atoms with Crippen molar-refractivity contribution in [3.63, 3.8) is 0 Å². The van der Waals surface area contributed by atoms with Gasteiger partial charge in [-0.3, -0.25) is 0 Å². The van der Waals surface area contributed by atoms with E-state index in [0.29, 0.717) is 11.8 Å². The van der Waals surface area contributed by atoms with E-state index < -0.39 is 0 Å². The molecule has 2 heterocycles. The second kappa shape index (κ2) is 6.96. The predicted octanol–water partition coefficient (Wildman–Crippen LogP) is 2.27. The molecule has 5 heteroatoms. The van der Waals surface area contributed by atoms with Crippen molar-refractivity contribution in [1.29, 1.82) is 0 Å². The van der Waals surface area contributed by atoms with Crippen LogP contribution in [0.3, 0.4) is 0 Å². The Hall–Kier alpha value is -2.14. The molecule has 1 aliphatic heterocycles. The highest BCUT2D eigenvalue weighted by atomic mass is 16.3. The first kappa shape index (κ1) is 15.7. The maximum Gasteiger partial charge on any atom is 0.227 e. The average molecular weight is 312 g/mol. The van der Waals surface area contributed by atoms with Crippen LogP contribution in [0.4, 0.5) is 11.8 Å². The van der Waals surface area contributed by atoms with Crippen molar-refractivity contribution in [2.24, 2.45) is 5.41 Å². The highest BCUT2D eigenvalue weighted by Gasteiger charge is 2.35. The number of anilines is 2. The molecule has 1 aromatic carbocycles. The smallest absolute Gasteiger partial charge is 0.227 e. The van der Waals surface area contributed by atoms with Crippen molar-refractivity contribution in [2.75, 3.05) is 30.3 Å². The Bertz CT molecular complexity index is 634. The number of nitrogens with two attached hydrogens (primary N) is 1. The highest BCUT2D eigenvalue weighted by Crippen LogP contribution is 2.35. The van der Waals surface area contributed by atoms with E-state index in [1.54, 1.807) is 12.3 Å². The van der Waals surface area contributed by atoms with Gasteiger partial charge in [-0.1, -0.05) is 30.3 Å². The van der Waals surface area contributed by atoms with Crippen LogP contribution in [0.25, 0.3) is 0 Å². The fraction of sp³-hybridized carbons (Fsp3) is 0.444. The summed E-state index contributed by atoms with van der Waals surface area (Å²) in [4.78, 5) is 10.8. The average Bonchev–Trinajstić information content (AvgIpc) is 2.61. The lowest BCUT2D eigenvalue weighted by Gasteiger charge is -2.42. The van der Waals surface area contributed by atoms with Gasteiger partial charge < -0.3 is 15.7 Å². The number of nitrogens with zero attached hydrogens (tertiary/aromatic N) is 3. The van der Waals surface area contributed by atoms with E-state index in [2.05, 4.69) is 39.1 Å². The molecule has 1 saturated heterocycles. The Kier molecular flexibility index (Phi) is 4.76. The lowest BCUT2D eigenvalue weighted by atomic mass is 9.76. The van der Waals surface area contributed by atoms with Crippen LogP contribution in [0.5, 0.6) is 0 Å². The molecule has 122 valence electrons. The Morgan fingerprint density at radius 1 is 1.22 bits per heavy atom.